The lowest BCUT2D eigenvalue weighted by Crippen LogP contribution is -2.22. The zero-order valence-electron chi connectivity index (χ0n) is 12.3. The Balaban J connectivity index is 1.93. The van der Waals surface area contributed by atoms with Crippen molar-refractivity contribution in [3.05, 3.63) is 29.4 Å². The minimum atomic E-state index is -1.01. The minimum absolute atomic E-state index is 0.330. The smallest absolute Gasteiger partial charge is 0.404 e. The van der Waals surface area contributed by atoms with Crippen LogP contribution in [0.3, 0.4) is 0 Å². The summed E-state index contributed by atoms with van der Waals surface area (Å²) >= 11 is 6.22. The highest BCUT2D eigenvalue weighted by Gasteiger charge is 2.15. The van der Waals surface area contributed by atoms with E-state index in [-0.39, 0.29) is 0 Å². The number of carbonyl (C=O) groups is 1. The van der Waals surface area contributed by atoms with Crippen LogP contribution < -0.4 is 11.1 Å². The van der Waals surface area contributed by atoms with E-state index in [1.54, 1.807) is 0 Å². The molecule has 0 fully saturated rings. The number of carboxylic acid groups (broad SMARTS) is 1. The molecule has 0 aliphatic carbocycles. The largest absolute Gasteiger partial charge is 0.465 e. The van der Waals surface area contributed by atoms with Gasteiger partial charge in [0.05, 0.1) is 11.0 Å². The van der Waals surface area contributed by atoms with Crippen molar-refractivity contribution in [1.29, 1.82) is 0 Å². The summed E-state index contributed by atoms with van der Waals surface area (Å²) in [6.07, 6.45) is 0.466. The Bertz CT molecular complexity index is 877. The number of nitrogen functional groups attached to an aromatic ring is 1. The first-order chi connectivity index (χ1) is 11.1. The molecular weight excluding hydrogens is 318 g/mol. The lowest BCUT2D eigenvalue weighted by molar-refractivity contribution is 0.194. The van der Waals surface area contributed by atoms with Crippen molar-refractivity contribution in [3.8, 4) is 0 Å². The molecule has 0 aliphatic heterocycles. The Kier molecular flexibility index (Phi) is 4.20. The molecule has 2 heterocycles. The summed E-state index contributed by atoms with van der Waals surface area (Å²) in [5, 5.41) is 12.2. The molecule has 0 radical (unpaired) electrons. The number of para-hydroxylation sites is 1. The Morgan fingerprint density at radius 1 is 1.30 bits per heavy atom. The first kappa shape index (κ1) is 15.4. The summed E-state index contributed by atoms with van der Waals surface area (Å²) in [7, 11) is 0. The molecule has 1 amide bonds. The number of hydrogen-bond donors (Lipinski definition) is 3. The van der Waals surface area contributed by atoms with E-state index in [2.05, 4.69) is 15.3 Å². The first-order valence-corrected chi connectivity index (χ1v) is 7.62. The number of amides is 1. The molecule has 0 atom stereocenters. The number of fused-ring (bicyclic) bond motifs is 3. The lowest BCUT2D eigenvalue weighted by atomic mass is 10.2. The van der Waals surface area contributed by atoms with E-state index >= 15 is 0 Å². The first-order valence-electron chi connectivity index (χ1n) is 7.24. The van der Waals surface area contributed by atoms with Gasteiger partial charge in [-0.25, -0.2) is 14.8 Å². The Morgan fingerprint density at radius 3 is 2.87 bits per heavy atom. The molecule has 3 aromatic rings. The van der Waals surface area contributed by atoms with E-state index in [0.29, 0.717) is 36.1 Å². The van der Waals surface area contributed by atoms with Gasteiger partial charge in [-0.05, 0) is 18.9 Å². The zero-order chi connectivity index (χ0) is 16.4. The second-order valence-electron chi connectivity index (χ2n) is 5.18. The minimum Gasteiger partial charge on any atom is -0.465 e. The number of imidazole rings is 1. The van der Waals surface area contributed by atoms with Crippen LogP contribution in [-0.4, -0.2) is 32.3 Å². The predicted molar refractivity (Wildman–Crippen MR) is 89.7 cm³/mol. The molecule has 0 saturated carbocycles. The van der Waals surface area contributed by atoms with Gasteiger partial charge in [0.25, 0.3) is 0 Å². The van der Waals surface area contributed by atoms with Gasteiger partial charge in [-0.2, -0.15) is 0 Å². The van der Waals surface area contributed by atoms with E-state index in [1.807, 2.05) is 28.8 Å². The SMILES string of the molecule is Nc1nc2c(Cl)nc3ccccc3c2n1CCCCNC(=O)O. The van der Waals surface area contributed by atoms with E-state index < -0.39 is 6.09 Å². The van der Waals surface area contributed by atoms with Crippen molar-refractivity contribution in [2.75, 3.05) is 12.3 Å². The molecule has 23 heavy (non-hydrogen) atoms. The molecule has 0 unspecified atom stereocenters. The lowest BCUT2D eigenvalue weighted by Gasteiger charge is -2.08. The Morgan fingerprint density at radius 2 is 2.09 bits per heavy atom. The van der Waals surface area contributed by atoms with Gasteiger partial charge in [0, 0.05) is 18.5 Å². The van der Waals surface area contributed by atoms with Crippen molar-refractivity contribution in [2.24, 2.45) is 0 Å². The van der Waals surface area contributed by atoms with Crippen LogP contribution in [0.2, 0.25) is 5.15 Å². The third-order valence-corrected chi connectivity index (χ3v) is 3.92. The number of aromatic nitrogens is 3. The van der Waals surface area contributed by atoms with Crippen LogP contribution in [0.4, 0.5) is 10.7 Å². The van der Waals surface area contributed by atoms with Gasteiger partial charge in [-0.15, -0.1) is 0 Å². The van der Waals surface area contributed by atoms with Gasteiger partial charge in [0.1, 0.15) is 5.52 Å². The molecule has 2 aromatic heterocycles. The highest BCUT2D eigenvalue weighted by atomic mass is 35.5. The number of anilines is 1. The zero-order valence-corrected chi connectivity index (χ0v) is 13.0. The summed E-state index contributed by atoms with van der Waals surface area (Å²) in [4.78, 5) is 19.1. The maximum atomic E-state index is 10.4. The van der Waals surface area contributed by atoms with Gasteiger partial charge >= 0.3 is 6.09 Å². The van der Waals surface area contributed by atoms with Crippen molar-refractivity contribution >= 4 is 45.6 Å². The van der Waals surface area contributed by atoms with Crippen LogP contribution in [-0.2, 0) is 6.54 Å². The fraction of sp³-hybridized carbons (Fsp3) is 0.267. The maximum absolute atomic E-state index is 10.4. The third-order valence-electron chi connectivity index (χ3n) is 3.66. The van der Waals surface area contributed by atoms with Crippen LogP contribution in [0, 0.1) is 0 Å². The number of unbranched alkanes of at least 4 members (excludes halogenated alkanes) is 1. The average Bonchev–Trinajstić information content (AvgIpc) is 2.85. The highest BCUT2D eigenvalue weighted by Crippen LogP contribution is 2.30. The number of nitrogens with one attached hydrogen (secondary N) is 1. The van der Waals surface area contributed by atoms with E-state index in [9.17, 15) is 4.79 Å². The number of benzene rings is 1. The number of pyridine rings is 1. The van der Waals surface area contributed by atoms with E-state index in [1.165, 1.54) is 0 Å². The molecule has 1 aromatic carbocycles. The third kappa shape index (κ3) is 3.00. The Hall–Kier alpha value is -2.54. The van der Waals surface area contributed by atoms with E-state index in [0.717, 1.165) is 22.8 Å². The summed E-state index contributed by atoms with van der Waals surface area (Å²) in [6, 6.07) is 7.69. The second kappa shape index (κ2) is 6.29. The van der Waals surface area contributed by atoms with Gasteiger partial charge in [-0.1, -0.05) is 29.8 Å². The van der Waals surface area contributed by atoms with Gasteiger partial charge < -0.3 is 20.7 Å². The highest BCUT2D eigenvalue weighted by molar-refractivity contribution is 6.35. The number of rotatable bonds is 5. The molecule has 7 nitrogen and oxygen atoms in total. The molecule has 3 rings (SSSR count). The molecule has 120 valence electrons. The van der Waals surface area contributed by atoms with Crippen LogP contribution in [0.25, 0.3) is 21.9 Å². The normalized spacial score (nSPS) is 11.2. The van der Waals surface area contributed by atoms with Crippen molar-refractivity contribution in [3.63, 3.8) is 0 Å². The summed E-state index contributed by atoms with van der Waals surface area (Å²) < 4.78 is 1.91. The van der Waals surface area contributed by atoms with Crippen LogP contribution in [0.1, 0.15) is 12.8 Å². The van der Waals surface area contributed by atoms with Gasteiger partial charge in [0.2, 0.25) is 5.95 Å². The number of aryl methyl sites for hydroxylation is 1. The predicted octanol–water partition coefficient (Wildman–Crippen LogP) is 2.87. The monoisotopic (exact) mass is 333 g/mol. The molecular formula is C15H16ClN5O2. The summed E-state index contributed by atoms with van der Waals surface area (Å²) in [6.45, 7) is 1.04. The maximum Gasteiger partial charge on any atom is 0.404 e. The molecule has 0 bridgehead atoms. The summed E-state index contributed by atoms with van der Waals surface area (Å²) in [5.41, 5.74) is 8.28. The fourth-order valence-corrected chi connectivity index (χ4v) is 2.86. The number of nitrogens with zero attached hydrogens (tertiary/aromatic N) is 3. The fourth-order valence-electron chi connectivity index (χ4n) is 2.63. The van der Waals surface area contributed by atoms with Crippen LogP contribution in [0.15, 0.2) is 24.3 Å². The van der Waals surface area contributed by atoms with Crippen LogP contribution >= 0.6 is 11.6 Å². The quantitative estimate of drug-likeness (QED) is 0.491. The number of hydrogen-bond acceptors (Lipinski definition) is 4. The summed E-state index contributed by atoms with van der Waals surface area (Å²) in [5.74, 6) is 0.381. The van der Waals surface area contributed by atoms with Crippen molar-refractivity contribution < 1.29 is 9.90 Å². The number of nitrogens with two attached hydrogens (primary N) is 1. The molecule has 0 aliphatic rings. The van der Waals surface area contributed by atoms with Gasteiger partial charge in [-0.3, -0.25) is 0 Å². The van der Waals surface area contributed by atoms with Crippen molar-refractivity contribution in [2.45, 2.75) is 19.4 Å². The van der Waals surface area contributed by atoms with Crippen molar-refractivity contribution in [1.82, 2.24) is 19.9 Å². The van der Waals surface area contributed by atoms with Crippen LogP contribution in [0.5, 0.6) is 0 Å². The molecule has 4 N–H and O–H groups in total. The average molecular weight is 334 g/mol. The topological polar surface area (TPSA) is 106 Å². The Labute approximate surface area is 137 Å². The van der Waals surface area contributed by atoms with E-state index in [4.69, 9.17) is 22.4 Å². The molecule has 8 heteroatoms. The molecule has 0 saturated heterocycles. The van der Waals surface area contributed by atoms with Gasteiger partial charge in [0.15, 0.2) is 5.15 Å². The number of halogens is 1. The second-order valence-corrected chi connectivity index (χ2v) is 5.54. The molecule has 0 spiro atoms. The standard InChI is InChI=1S/C15H16ClN5O2/c16-13-11-12(9-5-1-2-6-10(9)19-13)21(14(17)20-11)8-4-3-7-18-15(22)23/h1-2,5-6,18H,3-4,7-8H2,(H2,17,20)(H,22,23).